The summed E-state index contributed by atoms with van der Waals surface area (Å²) in [7, 11) is 0. The van der Waals surface area contributed by atoms with Crippen molar-refractivity contribution in [2.45, 2.75) is 0 Å². The van der Waals surface area contributed by atoms with Gasteiger partial charge in [-0.3, -0.25) is 10.3 Å². The van der Waals surface area contributed by atoms with Gasteiger partial charge >= 0.3 is 17.1 Å². The average molecular weight is 329 g/mol. The van der Waals surface area contributed by atoms with E-state index in [0.29, 0.717) is 0 Å². The van der Waals surface area contributed by atoms with Gasteiger partial charge in [0.25, 0.3) is 0 Å². The predicted molar refractivity (Wildman–Crippen MR) is 76.2 cm³/mol. The second-order valence-electron chi connectivity index (χ2n) is 3.38. The number of para-hydroxylation sites is 2. The molecule has 0 saturated carbocycles. The average Bonchev–Trinajstić information content (AvgIpc) is 2.55. The van der Waals surface area contributed by atoms with Crippen LogP contribution in [0.2, 0.25) is 0 Å². The summed E-state index contributed by atoms with van der Waals surface area (Å²) in [4.78, 5) is 19.3. The Balaban J connectivity index is 0.000000364. The van der Waals surface area contributed by atoms with Crippen molar-refractivity contribution in [3.8, 4) is 0 Å². The van der Waals surface area contributed by atoms with E-state index in [1.165, 1.54) is 24.3 Å². The van der Waals surface area contributed by atoms with Crippen LogP contribution in [0.4, 0.5) is 11.4 Å². The van der Waals surface area contributed by atoms with Gasteiger partial charge in [-0.1, -0.05) is 36.4 Å². The maximum atomic E-state index is 10.5. The minimum atomic E-state index is 0. The van der Waals surface area contributed by atoms with Gasteiger partial charge in [-0.2, -0.15) is 0 Å². The summed E-state index contributed by atoms with van der Waals surface area (Å²) in [5.41, 5.74) is 0.495. The number of hydrogen-bond donors (Lipinski definition) is 0. The molecule has 2 rings (SSSR count). The van der Waals surface area contributed by atoms with E-state index < -0.39 is 0 Å². The van der Waals surface area contributed by atoms with Crippen LogP contribution in [0.3, 0.4) is 0 Å². The smallest absolute Gasteiger partial charge is 0.735 e. The molecule has 0 aliphatic heterocycles. The van der Waals surface area contributed by atoms with Gasteiger partial charge in [-0.25, -0.2) is 0 Å². The fourth-order valence-electron chi connectivity index (χ4n) is 1.21. The molecular weight excluding hydrogens is 319 g/mol. The first-order chi connectivity index (χ1) is 9.69. The first kappa shape index (κ1) is 18.7. The second kappa shape index (κ2) is 10.5. The number of anilines is 2. The van der Waals surface area contributed by atoms with Gasteiger partial charge in [0.1, 0.15) is 0 Å². The van der Waals surface area contributed by atoms with Gasteiger partial charge in [-0.15, -0.1) is 9.81 Å². The van der Waals surface area contributed by atoms with Crippen LogP contribution in [0.1, 0.15) is 0 Å². The molecule has 2 aromatic rings. The number of benzene rings is 2. The fourth-order valence-corrected chi connectivity index (χ4v) is 1.21. The molecule has 0 aromatic heterocycles. The van der Waals surface area contributed by atoms with Crippen LogP contribution in [0.5, 0.6) is 0 Å². The van der Waals surface area contributed by atoms with E-state index in [2.05, 4.69) is 10.6 Å². The van der Waals surface area contributed by atoms with Crippen molar-refractivity contribution in [2.24, 2.45) is 10.6 Å². The van der Waals surface area contributed by atoms with Crippen LogP contribution >= 0.6 is 0 Å². The van der Waals surface area contributed by atoms with Crippen molar-refractivity contribution in [1.82, 2.24) is 0 Å². The van der Waals surface area contributed by atoms with E-state index in [1.807, 2.05) is 0 Å². The molecule has 0 atom stereocenters. The quantitative estimate of drug-likeness (QED) is 0.483. The fraction of sp³-hybridized carbons (Fsp3) is 0. The summed E-state index contributed by atoms with van der Waals surface area (Å²) >= 11 is 0. The van der Waals surface area contributed by atoms with Gasteiger partial charge in [0.15, 0.2) is 0 Å². The molecule has 9 heteroatoms. The van der Waals surface area contributed by atoms with Crippen molar-refractivity contribution >= 4 is 11.4 Å². The number of rotatable bonds is 4. The van der Waals surface area contributed by atoms with Crippen molar-refractivity contribution in [2.75, 3.05) is 10.3 Å². The third-order valence-corrected chi connectivity index (χ3v) is 2.10. The Morgan fingerprint density at radius 2 is 0.952 bits per heavy atom. The van der Waals surface area contributed by atoms with Gasteiger partial charge in [0.2, 0.25) is 0 Å². The summed E-state index contributed by atoms with van der Waals surface area (Å²) in [5, 5.41) is 25.3. The number of hydrogen-bond acceptors (Lipinski definition) is 6. The molecule has 0 fully saturated rings. The molecular formula is C12H10MnN4O4. The molecule has 0 aliphatic rings. The first-order valence-corrected chi connectivity index (χ1v) is 5.40. The molecule has 109 valence electrons. The number of nitroso groups, excluding NO2 is 2. The summed E-state index contributed by atoms with van der Waals surface area (Å²) in [5.74, 6) is 0. The zero-order valence-electron chi connectivity index (χ0n) is 10.6. The Kier molecular flexibility index (Phi) is 9.31. The monoisotopic (exact) mass is 329 g/mol. The first-order valence-electron chi connectivity index (χ1n) is 5.40. The summed E-state index contributed by atoms with van der Waals surface area (Å²) in [6, 6.07) is 16.2. The van der Waals surface area contributed by atoms with Crippen LogP contribution < -0.4 is 10.3 Å². The van der Waals surface area contributed by atoms with E-state index in [9.17, 15) is 20.2 Å². The van der Waals surface area contributed by atoms with Crippen LogP contribution in [0.25, 0.3) is 0 Å². The number of nitrogens with zero attached hydrogens (tertiary/aromatic N) is 4. The predicted octanol–water partition coefficient (Wildman–Crippen LogP) is 3.34. The van der Waals surface area contributed by atoms with Crippen molar-refractivity contribution in [3.05, 3.63) is 80.9 Å². The molecule has 0 spiro atoms. The Morgan fingerprint density at radius 3 is 1.19 bits per heavy atom. The third-order valence-electron chi connectivity index (χ3n) is 2.10. The van der Waals surface area contributed by atoms with E-state index in [1.54, 1.807) is 36.4 Å². The molecule has 0 aliphatic carbocycles. The molecule has 0 amide bonds. The van der Waals surface area contributed by atoms with Crippen molar-refractivity contribution in [3.63, 3.8) is 0 Å². The summed E-state index contributed by atoms with van der Waals surface area (Å²) < 4.78 is 0. The maximum Gasteiger partial charge on any atom is 2.00 e. The molecule has 0 N–H and O–H groups in total. The van der Waals surface area contributed by atoms with E-state index >= 15 is 0 Å². The van der Waals surface area contributed by atoms with E-state index in [4.69, 9.17) is 0 Å². The second-order valence-corrected chi connectivity index (χ2v) is 3.38. The van der Waals surface area contributed by atoms with Crippen LogP contribution in [0, 0.1) is 20.2 Å². The largest absolute Gasteiger partial charge is 2.00 e. The van der Waals surface area contributed by atoms with Gasteiger partial charge in [-0.05, 0) is 24.3 Å². The molecule has 0 heterocycles. The normalized spacial score (nSPS) is 8.48. The minimum absolute atomic E-state index is 0. The summed E-state index contributed by atoms with van der Waals surface area (Å²) in [6.45, 7) is 0. The zero-order chi connectivity index (χ0) is 14.8. The van der Waals surface area contributed by atoms with Gasteiger partial charge < -0.3 is 10.4 Å². The molecule has 2 aromatic carbocycles. The minimum Gasteiger partial charge on any atom is -0.735 e. The van der Waals surface area contributed by atoms with Crippen molar-refractivity contribution < 1.29 is 17.1 Å². The molecule has 8 nitrogen and oxygen atoms in total. The van der Waals surface area contributed by atoms with E-state index in [-0.39, 0.29) is 38.8 Å². The van der Waals surface area contributed by atoms with Crippen LogP contribution in [-0.4, -0.2) is 0 Å². The zero-order valence-corrected chi connectivity index (χ0v) is 11.8. The van der Waals surface area contributed by atoms with Crippen LogP contribution in [0.15, 0.2) is 71.2 Å². The molecule has 1 radical (unpaired) electrons. The molecule has 0 saturated heterocycles. The molecule has 0 unspecified atom stereocenters. The molecule has 0 bridgehead atoms. The van der Waals surface area contributed by atoms with Crippen molar-refractivity contribution in [1.29, 1.82) is 0 Å². The van der Waals surface area contributed by atoms with E-state index in [0.717, 1.165) is 0 Å². The Labute approximate surface area is 130 Å². The Morgan fingerprint density at radius 1 is 0.667 bits per heavy atom. The Hall–Kier alpha value is -2.32. The molecule has 21 heavy (non-hydrogen) atoms. The SMILES string of the molecule is O=NN([O-])c1ccccc1.O=NN([O-])c1ccccc1.[Mn+2]. The third kappa shape index (κ3) is 6.59. The maximum absolute atomic E-state index is 10.5. The standard InChI is InChI=1S/2C6H5N2O2.Mn/c2*9-7-8(10)6-4-2-1-3-5-6;/h2*1-5H;/q2*-1;+2. The van der Waals surface area contributed by atoms with Crippen LogP contribution in [-0.2, 0) is 17.1 Å². The Bertz CT molecular complexity index is 480. The van der Waals surface area contributed by atoms with Gasteiger partial charge in [0, 0.05) is 21.9 Å². The topological polar surface area (TPSA) is 111 Å². The summed E-state index contributed by atoms with van der Waals surface area (Å²) in [6.07, 6.45) is 0. The van der Waals surface area contributed by atoms with Gasteiger partial charge in [0.05, 0.1) is 0 Å².